The molecule has 0 aliphatic heterocycles. The van der Waals surface area contributed by atoms with Crippen molar-refractivity contribution < 1.29 is 27.9 Å². The maximum Gasteiger partial charge on any atom is 0.434 e. The number of aromatic nitrogens is 1. The van der Waals surface area contributed by atoms with Gasteiger partial charge in [-0.2, -0.15) is 13.2 Å². The van der Waals surface area contributed by atoms with Gasteiger partial charge in [0.2, 0.25) is 0 Å². The minimum absolute atomic E-state index is 0.00771. The molecule has 10 heteroatoms. The van der Waals surface area contributed by atoms with E-state index in [2.05, 4.69) is 10.3 Å². The monoisotopic (exact) mass is 350 g/mol. The Morgan fingerprint density at radius 2 is 2.00 bits per heavy atom. The van der Waals surface area contributed by atoms with Crippen LogP contribution in [0.25, 0.3) is 0 Å². The summed E-state index contributed by atoms with van der Waals surface area (Å²) in [5.74, 6) is -2.36. The van der Waals surface area contributed by atoms with Crippen LogP contribution in [0.2, 0.25) is 5.02 Å². The highest BCUT2D eigenvalue weighted by Gasteiger charge is 2.38. The van der Waals surface area contributed by atoms with Gasteiger partial charge in [0, 0.05) is 5.69 Å². The summed E-state index contributed by atoms with van der Waals surface area (Å²) in [4.78, 5) is 25.3. The van der Waals surface area contributed by atoms with E-state index in [0.29, 0.717) is 11.3 Å². The summed E-state index contributed by atoms with van der Waals surface area (Å²) < 4.78 is 38.0. The van der Waals surface area contributed by atoms with Crippen LogP contribution in [-0.4, -0.2) is 22.0 Å². The minimum Gasteiger partial charge on any atom is -0.478 e. The first-order chi connectivity index (χ1) is 10.2. The molecule has 0 fully saturated rings. The van der Waals surface area contributed by atoms with Crippen LogP contribution in [0.4, 0.5) is 18.9 Å². The molecule has 0 aliphatic carbocycles. The predicted molar refractivity (Wildman–Crippen MR) is 73.5 cm³/mol. The first-order valence-corrected chi connectivity index (χ1v) is 6.81. The minimum atomic E-state index is -4.75. The Kier molecular flexibility index (Phi) is 4.38. The van der Waals surface area contributed by atoms with Gasteiger partial charge in [-0.1, -0.05) is 11.6 Å². The lowest BCUT2D eigenvalue weighted by atomic mass is 10.2. The highest BCUT2D eigenvalue weighted by atomic mass is 35.5. The molecule has 116 valence electrons. The number of nitrogens with zero attached hydrogens (tertiary/aromatic N) is 1. The first kappa shape index (κ1) is 16.2. The van der Waals surface area contributed by atoms with Crippen LogP contribution in [0.3, 0.4) is 0 Å². The molecule has 2 rings (SSSR count). The van der Waals surface area contributed by atoms with Crippen molar-refractivity contribution in [2.24, 2.45) is 0 Å². The van der Waals surface area contributed by atoms with Gasteiger partial charge in [-0.25, -0.2) is 9.78 Å². The van der Waals surface area contributed by atoms with Gasteiger partial charge >= 0.3 is 12.1 Å². The zero-order valence-electron chi connectivity index (χ0n) is 10.4. The molecule has 0 aliphatic rings. The van der Waals surface area contributed by atoms with Crippen molar-refractivity contribution >= 4 is 40.5 Å². The Balaban J connectivity index is 2.29. The lowest BCUT2D eigenvalue weighted by Crippen LogP contribution is -2.17. The second-order valence-electron chi connectivity index (χ2n) is 3.98. The van der Waals surface area contributed by atoms with Crippen molar-refractivity contribution in [3.05, 3.63) is 44.9 Å². The average molecular weight is 351 g/mol. The van der Waals surface area contributed by atoms with Gasteiger partial charge in [0.15, 0.2) is 5.69 Å². The highest BCUT2D eigenvalue weighted by molar-refractivity contribution is 7.12. The molecule has 1 heterocycles. The van der Waals surface area contributed by atoms with Crippen LogP contribution in [0.15, 0.2) is 23.7 Å². The number of carbonyl (C=O) groups is 2. The second-order valence-corrected chi connectivity index (χ2v) is 5.24. The van der Waals surface area contributed by atoms with Crippen molar-refractivity contribution in [3.63, 3.8) is 0 Å². The van der Waals surface area contributed by atoms with E-state index in [1.165, 1.54) is 12.1 Å². The Hall–Kier alpha value is -2.13. The van der Waals surface area contributed by atoms with Crippen LogP contribution < -0.4 is 5.32 Å². The van der Waals surface area contributed by atoms with E-state index >= 15 is 0 Å². The maximum atomic E-state index is 12.7. The molecule has 0 saturated heterocycles. The largest absolute Gasteiger partial charge is 0.478 e. The standard InChI is InChI=1S/C12H6ClF3N2O3S/c13-7-2-1-5(3-6(7)11(20)21)18-10(19)8-9(12(14,15)16)17-4-22-8/h1-4H,(H,18,19)(H,20,21). The number of hydrogen-bond acceptors (Lipinski definition) is 4. The van der Waals surface area contributed by atoms with Crippen molar-refractivity contribution in [1.29, 1.82) is 0 Å². The number of benzene rings is 1. The van der Waals surface area contributed by atoms with Crippen LogP contribution >= 0.6 is 22.9 Å². The maximum absolute atomic E-state index is 12.7. The smallest absolute Gasteiger partial charge is 0.434 e. The molecule has 0 bridgehead atoms. The van der Waals surface area contributed by atoms with E-state index < -0.39 is 28.6 Å². The summed E-state index contributed by atoms with van der Waals surface area (Å²) in [7, 11) is 0. The van der Waals surface area contributed by atoms with Gasteiger partial charge in [0.1, 0.15) is 4.88 Å². The Labute approximate surface area is 130 Å². The number of aromatic carboxylic acids is 1. The zero-order valence-corrected chi connectivity index (χ0v) is 12.0. The number of amides is 1. The first-order valence-electron chi connectivity index (χ1n) is 5.55. The number of anilines is 1. The normalized spacial score (nSPS) is 11.3. The molecule has 0 atom stereocenters. The molecule has 0 unspecified atom stereocenters. The molecule has 1 amide bonds. The molecular weight excluding hydrogens is 345 g/mol. The SMILES string of the molecule is O=C(O)c1cc(NC(=O)c2scnc2C(F)(F)F)ccc1Cl. The number of rotatable bonds is 3. The summed E-state index contributed by atoms with van der Waals surface area (Å²) in [5.41, 5.74) is -0.655. The van der Waals surface area contributed by atoms with E-state index in [4.69, 9.17) is 16.7 Å². The van der Waals surface area contributed by atoms with E-state index in [-0.39, 0.29) is 16.3 Å². The average Bonchev–Trinajstić information content (AvgIpc) is 2.90. The topological polar surface area (TPSA) is 79.3 Å². The molecule has 2 N–H and O–H groups in total. The zero-order chi connectivity index (χ0) is 16.5. The number of nitrogens with one attached hydrogen (secondary N) is 1. The Morgan fingerprint density at radius 3 is 2.59 bits per heavy atom. The number of carbonyl (C=O) groups excluding carboxylic acids is 1. The van der Waals surface area contributed by atoms with Crippen LogP contribution in [0.1, 0.15) is 25.7 Å². The van der Waals surface area contributed by atoms with Gasteiger partial charge in [-0.3, -0.25) is 4.79 Å². The van der Waals surface area contributed by atoms with Gasteiger partial charge in [0.25, 0.3) is 5.91 Å². The van der Waals surface area contributed by atoms with Gasteiger partial charge in [-0.15, -0.1) is 11.3 Å². The Morgan fingerprint density at radius 1 is 1.32 bits per heavy atom. The fourth-order valence-electron chi connectivity index (χ4n) is 1.56. The number of thiazole rings is 1. The van der Waals surface area contributed by atoms with E-state index in [0.717, 1.165) is 11.6 Å². The fraction of sp³-hybridized carbons (Fsp3) is 0.0833. The van der Waals surface area contributed by atoms with Crippen molar-refractivity contribution in [1.82, 2.24) is 4.98 Å². The summed E-state index contributed by atoms with van der Waals surface area (Å²) in [6.07, 6.45) is -4.75. The number of carboxylic acid groups (broad SMARTS) is 1. The molecule has 1 aromatic carbocycles. The van der Waals surface area contributed by atoms with Crippen molar-refractivity contribution in [3.8, 4) is 0 Å². The summed E-state index contributed by atoms with van der Waals surface area (Å²) >= 11 is 6.19. The molecule has 5 nitrogen and oxygen atoms in total. The van der Waals surface area contributed by atoms with E-state index in [9.17, 15) is 22.8 Å². The molecule has 1 aromatic heterocycles. The van der Waals surface area contributed by atoms with Gasteiger partial charge in [-0.05, 0) is 18.2 Å². The Bertz CT molecular complexity index is 745. The lowest BCUT2D eigenvalue weighted by Gasteiger charge is -2.08. The third kappa shape index (κ3) is 3.37. The lowest BCUT2D eigenvalue weighted by molar-refractivity contribution is -0.141. The molecule has 0 saturated carbocycles. The number of carboxylic acids is 1. The summed E-state index contributed by atoms with van der Waals surface area (Å²) in [5, 5.41) is 11.0. The molecule has 2 aromatic rings. The van der Waals surface area contributed by atoms with Crippen LogP contribution in [-0.2, 0) is 6.18 Å². The van der Waals surface area contributed by atoms with Crippen LogP contribution in [0.5, 0.6) is 0 Å². The predicted octanol–water partition coefficient (Wildman–Crippen LogP) is 3.77. The van der Waals surface area contributed by atoms with Gasteiger partial charge < -0.3 is 10.4 Å². The molecule has 0 spiro atoms. The molecule has 22 heavy (non-hydrogen) atoms. The number of alkyl halides is 3. The summed E-state index contributed by atoms with van der Waals surface area (Å²) in [6, 6.07) is 3.55. The third-order valence-corrected chi connectivity index (χ3v) is 3.65. The highest BCUT2D eigenvalue weighted by Crippen LogP contribution is 2.33. The number of hydrogen-bond donors (Lipinski definition) is 2. The molecular formula is C12H6ClF3N2O3S. The summed E-state index contributed by atoms with van der Waals surface area (Å²) in [6.45, 7) is 0. The second kappa shape index (κ2) is 5.93. The van der Waals surface area contributed by atoms with Crippen molar-refractivity contribution in [2.75, 3.05) is 5.32 Å². The molecule has 0 radical (unpaired) electrons. The quantitative estimate of drug-likeness (QED) is 0.883. The van der Waals surface area contributed by atoms with Crippen LogP contribution in [0, 0.1) is 0 Å². The number of halogens is 4. The van der Waals surface area contributed by atoms with Crippen molar-refractivity contribution in [2.45, 2.75) is 6.18 Å². The fourth-order valence-corrected chi connectivity index (χ4v) is 2.46. The van der Waals surface area contributed by atoms with E-state index in [1.54, 1.807) is 0 Å². The third-order valence-electron chi connectivity index (χ3n) is 2.50. The van der Waals surface area contributed by atoms with Gasteiger partial charge in [0.05, 0.1) is 16.1 Å². The van der Waals surface area contributed by atoms with E-state index in [1.807, 2.05) is 0 Å².